The maximum atomic E-state index is 5.63. The molecule has 2 N–H and O–H groups in total. The first-order chi connectivity index (χ1) is 6.75. The van der Waals surface area contributed by atoms with E-state index in [0.717, 1.165) is 11.3 Å². The number of rotatable bonds is 2. The van der Waals surface area contributed by atoms with Gasteiger partial charge in [-0.2, -0.15) is 5.10 Å². The lowest BCUT2D eigenvalue weighted by atomic mass is 10.4. The van der Waals surface area contributed by atoms with Crippen molar-refractivity contribution in [3.63, 3.8) is 0 Å². The van der Waals surface area contributed by atoms with Crippen LogP contribution in [0.4, 0.5) is 5.82 Å². The summed E-state index contributed by atoms with van der Waals surface area (Å²) in [6.07, 6.45) is 6.92. The first kappa shape index (κ1) is 8.68. The average Bonchev–Trinajstić information content (AvgIpc) is 2.47. The highest BCUT2D eigenvalue weighted by Crippen LogP contribution is 2.07. The summed E-state index contributed by atoms with van der Waals surface area (Å²) in [7, 11) is 0. The van der Waals surface area contributed by atoms with Crippen LogP contribution in [0.25, 0.3) is 0 Å². The number of nitrogens with zero attached hydrogens (tertiary/aromatic N) is 4. The molecule has 0 saturated carbocycles. The van der Waals surface area contributed by atoms with Crippen molar-refractivity contribution in [3.05, 3.63) is 36.0 Å². The van der Waals surface area contributed by atoms with E-state index >= 15 is 0 Å². The summed E-state index contributed by atoms with van der Waals surface area (Å²) in [5.41, 5.74) is 7.48. The highest BCUT2D eigenvalue weighted by Gasteiger charge is 2.01. The smallest absolute Gasteiger partial charge is 0.148 e. The molecule has 0 bridgehead atoms. The van der Waals surface area contributed by atoms with Crippen LogP contribution in [-0.2, 0) is 6.54 Å². The van der Waals surface area contributed by atoms with Gasteiger partial charge < -0.3 is 5.73 Å². The summed E-state index contributed by atoms with van der Waals surface area (Å²) in [4.78, 5) is 8.12. The largest absolute Gasteiger partial charge is 0.382 e. The molecule has 2 aromatic rings. The van der Waals surface area contributed by atoms with E-state index in [9.17, 15) is 0 Å². The number of hydrogen-bond acceptors (Lipinski definition) is 4. The summed E-state index contributed by atoms with van der Waals surface area (Å²) < 4.78 is 1.76. The normalized spacial score (nSPS) is 10.4. The summed E-state index contributed by atoms with van der Waals surface area (Å²) in [6, 6.07) is 0. The van der Waals surface area contributed by atoms with Gasteiger partial charge in [-0.25, -0.2) is 0 Å². The molecule has 0 amide bonds. The van der Waals surface area contributed by atoms with Crippen LogP contribution in [0.5, 0.6) is 0 Å². The Labute approximate surface area is 81.6 Å². The van der Waals surface area contributed by atoms with Crippen LogP contribution in [-0.4, -0.2) is 19.7 Å². The van der Waals surface area contributed by atoms with Crippen LogP contribution in [0.3, 0.4) is 0 Å². The molecule has 0 spiro atoms. The Hall–Kier alpha value is -1.91. The van der Waals surface area contributed by atoms with Gasteiger partial charge in [0.05, 0.1) is 18.4 Å². The maximum Gasteiger partial charge on any atom is 0.148 e. The molecule has 14 heavy (non-hydrogen) atoms. The van der Waals surface area contributed by atoms with E-state index in [4.69, 9.17) is 5.73 Å². The van der Waals surface area contributed by atoms with E-state index in [1.807, 2.05) is 13.1 Å². The third kappa shape index (κ3) is 1.71. The van der Waals surface area contributed by atoms with E-state index in [0.29, 0.717) is 12.4 Å². The maximum absolute atomic E-state index is 5.63. The molecule has 0 radical (unpaired) electrons. The van der Waals surface area contributed by atoms with Gasteiger partial charge in [0.25, 0.3) is 0 Å². The van der Waals surface area contributed by atoms with Gasteiger partial charge in [0.2, 0.25) is 0 Å². The fraction of sp³-hybridized carbons (Fsp3) is 0.222. The van der Waals surface area contributed by atoms with Gasteiger partial charge in [-0.15, -0.1) is 0 Å². The highest BCUT2D eigenvalue weighted by molar-refractivity contribution is 5.35. The number of aromatic nitrogens is 4. The zero-order valence-corrected chi connectivity index (χ0v) is 7.88. The van der Waals surface area contributed by atoms with Gasteiger partial charge in [-0.3, -0.25) is 14.6 Å². The highest BCUT2D eigenvalue weighted by atomic mass is 15.3. The topological polar surface area (TPSA) is 69.6 Å². The van der Waals surface area contributed by atoms with Crippen molar-refractivity contribution in [1.82, 2.24) is 19.7 Å². The lowest BCUT2D eigenvalue weighted by Crippen LogP contribution is -2.03. The van der Waals surface area contributed by atoms with Crippen molar-refractivity contribution >= 4 is 5.82 Å². The second-order valence-corrected chi connectivity index (χ2v) is 3.09. The molecule has 0 aliphatic heterocycles. The number of hydrogen-bond donors (Lipinski definition) is 1. The Kier molecular flexibility index (Phi) is 2.14. The van der Waals surface area contributed by atoms with Crippen LogP contribution in [0.2, 0.25) is 0 Å². The molecule has 0 aliphatic carbocycles. The monoisotopic (exact) mass is 189 g/mol. The van der Waals surface area contributed by atoms with Gasteiger partial charge in [-0.1, -0.05) is 0 Å². The molecule has 72 valence electrons. The molecule has 0 fully saturated rings. The van der Waals surface area contributed by atoms with E-state index in [-0.39, 0.29) is 0 Å². The molecule has 2 rings (SSSR count). The van der Waals surface area contributed by atoms with Crippen LogP contribution in [0, 0.1) is 6.92 Å². The Morgan fingerprint density at radius 1 is 1.43 bits per heavy atom. The number of aryl methyl sites for hydroxylation is 1. The zero-order valence-electron chi connectivity index (χ0n) is 7.88. The third-order valence-corrected chi connectivity index (χ3v) is 1.92. The lowest BCUT2D eigenvalue weighted by Gasteiger charge is -1.98. The van der Waals surface area contributed by atoms with Crippen molar-refractivity contribution in [2.24, 2.45) is 0 Å². The van der Waals surface area contributed by atoms with Gasteiger partial charge in [0, 0.05) is 24.2 Å². The molecule has 2 heterocycles. The quantitative estimate of drug-likeness (QED) is 0.751. The molecule has 0 aromatic carbocycles. The van der Waals surface area contributed by atoms with E-state index in [1.54, 1.807) is 23.3 Å². The SMILES string of the molecule is Cc1cn(Cc2cnccn2)nc1N. The number of anilines is 1. The van der Waals surface area contributed by atoms with Crippen molar-refractivity contribution in [1.29, 1.82) is 0 Å². The van der Waals surface area contributed by atoms with Crippen molar-refractivity contribution in [2.75, 3.05) is 5.73 Å². The Morgan fingerprint density at radius 2 is 2.29 bits per heavy atom. The van der Waals surface area contributed by atoms with Crippen molar-refractivity contribution in [2.45, 2.75) is 13.5 Å². The van der Waals surface area contributed by atoms with Crippen LogP contribution in [0.1, 0.15) is 11.3 Å². The van der Waals surface area contributed by atoms with Crippen molar-refractivity contribution in [3.8, 4) is 0 Å². The minimum atomic E-state index is 0.564. The standard InChI is InChI=1S/C9H11N5/c1-7-5-14(13-9(7)10)6-8-4-11-2-3-12-8/h2-5H,6H2,1H3,(H2,10,13). The first-order valence-electron chi connectivity index (χ1n) is 4.30. The predicted octanol–water partition coefficient (Wildman–Crippen LogP) is 0.612. The summed E-state index contributed by atoms with van der Waals surface area (Å²) >= 11 is 0. The van der Waals surface area contributed by atoms with Crippen LogP contribution in [0.15, 0.2) is 24.8 Å². The van der Waals surface area contributed by atoms with E-state index < -0.39 is 0 Å². The zero-order chi connectivity index (χ0) is 9.97. The first-order valence-corrected chi connectivity index (χ1v) is 4.30. The average molecular weight is 189 g/mol. The fourth-order valence-electron chi connectivity index (χ4n) is 1.19. The molecule has 2 aromatic heterocycles. The second kappa shape index (κ2) is 3.45. The molecular weight excluding hydrogens is 178 g/mol. The molecule has 5 nitrogen and oxygen atoms in total. The minimum Gasteiger partial charge on any atom is -0.382 e. The molecule has 0 aliphatic rings. The van der Waals surface area contributed by atoms with Crippen molar-refractivity contribution < 1.29 is 0 Å². The molecule has 0 atom stereocenters. The summed E-state index contributed by atoms with van der Waals surface area (Å²) in [5.74, 6) is 0.564. The van der Waals surface area contributed by atoms with Crippen LogP contribution >= 0.6 is 0 Å². The Bertz CT molecular complexity index is 401. The fourth-order valence-corrected chi connectivity index (χ4v) is 1.19. The molecule has 0 saturated heterocycles. The molecular formula is C9H11N5. The Balaban J connectivity index is 2.19. The third-order valence-electron chi connectivity index (χ3n) is 1.92. The molecule has 0 unspecified atom stereocenters. The van der Waals surface area contributed by atoms with Crippen LogP contribution < -0.4 is 5.73 Å². The minimum absolute atomic E-state index is 0.564. The van der Waals surface area contributed by atoms with Gasteiger partial charge in [-0.05, 0) is 6.92 Å². The van der Waals surface area contributed by atoms with Gasteiger partial charge >= 0.3 is 0 Å². The second-order valence-electron chi connectivity index (χ2n) is 3.09. The predicted molar refractivity (Wildman–Crippen MR) is 52.5 cm³/mol. The Morgan fingerprint density at radius 3 is 2.86 bits per heavy atom. The van der Waals surface area contributed by atoms with Gasteiger partial charge in [0.15, 0.2) is 0 Å². The summed E-state index contributed by atoms with van der Waals surface area (Å²) in [5, 5.41) is 4.13. The lowest BCUT2D eigenvalue weighted by molar-refractivity contribution is 0.672. The molecule has 5 heteroatoms. The van der Waals surface area contributed by atoms with E-state index in [2.05, 4.69) is 15.1 Å². The van der Waals surface area contributed by atoms with E-state index in [1.165, 1.54) is 0 Å². The number of nitrogens with two attached hydrogens (primary N) is 1. The number of nitrogen functional groups attached to an aromatic ring is 1. The van der Waals surface area contributed by atoms with Gasteiger partial charge in [0.1, 0.15) is 5.82 Å². The summed E-state index contributed by atoms with van der Waals surface area (Å²) in [6.45, 7) is 2.53.